The predicted molar refractivity (Wildman–Crippen MR) is 89.1 cm³/mol. The molecular formula is C17H17BrF3N2O+. The Morgan fingerprint density at radius 1 is 1.12 bits per heavy atom. The van der Waals surface area contributed by atoms with E-state index in [0.29, 0.717) is 6.54 Å². The molecule has 2 aromatic carbocycles. The van der Waals surface area contributed by atoms with E-state index < -0.39 is 29.4 Å². The van der Waals surface area contributed by atoms with Gasteiger partial charge in [-0.15, -0.1) is 0 Å². The number of carbonyl (C=O) groups is 1. The lowest BCUT2D eigenvalue weighted by Crippen LogP contribution is -3.12. The average molecular weight is 402 g/mol. The Kier molecular flexibility index (Phi) is 6.01. The van der Waals surface area contributed by atoms with E-state index in [1.807, 2.05) is 31.3 Å². The van der Waals surface area contributed by atoms with Crippen LogP contribution in [0.15, 0.2) is 40.9 Å². The highest BCUT2D eigenvalue weighted by Crippen LogP contribution is 2.19. The fraction of sp³-hybridized carbons (Fsp3) is 0.235. The average Bonchev–Trinajstić information content (AvgIpc) is 2.56. The normalized spacial score (nSPS) is 13.4. The number of hydrogen-bond donors (Lipinski definition) is 2. The number of rotatable bonds is 5. The van der Waals surface area contributed by atoms with Gasteiger partial charge in [-0.25, -0.2) is 13.2 Å². The summed E-state index contributed by atoms with van der Waals surface area (Å²) in [4.78, 5) is 13.1. The van der Waals surface area contributed by atoms with Gasteiger partial charge in [-0.2, -0.15) is 0 Å². The molecule has 0 bridgehead atoms. The molecule has 0 aliphatic rings. The summed E-state index contributed by atoms with van der Waals surface area (Å²) >= 11 is 3.35. The summed E-state index contributed by atoms with van der Waals surface area (Å²) in [6, 6.07) is 8.95. The minimum atomic E-state index is -1.60. The Morgan fingerprint density at radius 3 is 2.38 bits per heavy atom. The Labute approximate surface area is 146 Å². The van der Waals surface area contributed by atoms with Crippen molar-refractivity contribution in [2.24, 2.45) is 0 Å². The van der Waals surface area contributed by atoms with Gasteiger partial charge in [-0.1, -0.05) is 28.1 Å². The van der Waals surface area contributed by atoms with Crippen molar-refractivity contribution < 1.29 is 22.9 Å². The lowest BCUT2D eigenvalue weighted by molar-refractivity contribution is -0.907. The lowest BCUT2D eigenvalue weighted by atomic mass is 10.2. The van der Waals surface area contributed by atoms with Crippen molar-refractivity contribution in [1.29, 1.82) is 0 Å². The zero-order valence-electron chi connectivity index (χ0n) is 13.2. The third-order valence-corrected chi connectivity index (χ3v) is 4.35. The van der Waals surface area contributed by atoms with Gasteiger partial charge in [0.25, 0.3) is 5.91 Å². The number of quaternary nitrogens is 1. The van der Waals surface area contributed by atoms with Crippen molar-refractivity contribution in [3.8, 4) is 0 Å². The van der Waals surface area contributed by atoms with Crippen LogP contribution in [-0.4, -0.2) is 19.0 Å². The van der Waals surface area contributed by atoms with E-state index in [4.69, 9.17) is 0 Å². The first kappa shape index (κ1) is 18.5. The number of anilines is 1. The molecular weight excluding hydrogens is 385 g/mol. The van der Waals surface area contributed by atoms with Crippen LogP contribution in [-0.2, 0) is 11.3 Å². The van der Waals surface area contributed by atoms with Gasteiger partial charge >= 0.3 is 0 Å². The highest BCUT2D eigenvalue weighted by atomic mass is 79.9. The number of nitrogens with one attached hydrogen (secondary N) is 2. The largest absolute Gasteiger partial charge is 0.324 e. The van der Waals surface area contributed by atoms with Gasteiger partial charge in [-0.3, -0.25) is 4.79 Å². The Hall–Kier alpha value is -1.86. The molecule has 2 aromatic rings. The summed E-state index contributed by atoms with van der Waals surface area (Å²) in [7, 11) is 1.83. The zero-order chi connectivity index (χ0) is 17.9. The molecule has 0 spiro atoms. The van der Waals surface area contributed by atoms with E-state index in [1.165, 1.54) is 0 Å². The van der Waals surface area contributed by atoms with Crippen LogP contribution in [0.4, 0.5) is 18.9 Å². The summed E-state index contributed by atoms with van der Waals surface area (Å²) in [5, 5.41) is 2.30. The van der Waals surface area contributed by atoms with E-state index in [-0.39, 0.29) is 5.69 Å². The molecule has 2 rings (SSSR count). The molecule has 1 unspecified atom stereocenters. The van der Waals surface area contributed by atoms with Crippen molar-refractivity contribution in [3.05, 3.63) is 63.9 Å². The molecule has 1 amide bonds. The second kappa shape index (κ2) is 7.81. The third kappa shape index (κ3) is 4.36. The van der Waals surface area contributed by atoms with Gasteiger partial charge in [0.15, 0.2) is 23.5 Å². The molecule has 24 heavy (non-hydrogen) atoms. The smallest absolute Gasteiger partial charge is 0.282 e. The monoisotopic (exact) mass is 401 g/mol. The summed E-state index contributed by atoms with van der Waals surface area (Å²) in [6.45, 7) is 2.27. The van der Waals surface area contributed by atoms with Crippen LogP contribution in [0.25, 0.3) is 0 Å². The summed E-state index contributed by atoms with van der Waals surface area (Å²) < 4.78 is 40.7. The molecule has 0 heterocycles. The maximum atomic E-state index is 13.6. The SMILES string of the molecule is C[C@H](C(=O)Nc1ccc(F)c(F)c1F)[NH+](C)Cc1ccc(Br)cc1. The standard InChI is InChI=1S/C17H16BrF3N2O/c1-10(23(2)9-11-3-5-12(18)6-4-11)17(24)22-14-8-7-13(19)15(20)16(14)21/h3-8,10H,9H2,1-2H3,(H,22,24)/p+1/t10-/m1/s1. The number of likely N-dealkylation sites (N-methyl/N-ethyl adjacent to an activating group) is 1. The first-order valence-corrected chi connectivity index (χ1v) is 8.10. The van der Waals surface area contributed by atoms with Crippen molar-refractivity contribution in [2.75, 3.05) is 12.4 Å². The number of hydrogen-bond acceptors (Lipinski definition) is 1. The summed E-state index contributed by atoms with van der Waals surface area (Å²) in [5.74, 6) is -4.77. The molecule has 0 aromatic heterocycles. The van der Waals surface area contributed by atoms with E-state index in [1.54, 1.807) is 6.92 Å². The molecule has 2 N–H and O–H groups in total. The second-order valence-electron chi connectivity index (χ2n) is 5.58. The van der Waals surface area contributed by atoms with E-state index in [0.717, 1.165) is 27.1 Å². The number of amides is 1. The van der Waals surface area contributed by atoms with Gasteiger partial charge in [0.05, 0.1) is 12.7 Å². The second-order valence-corrected chi connectivity index (χ2v) is 6.50. The molecule has 3 nitrogen and oxygen atoms in total. The van der Waals surface area contributed by atoms with Gasteiger partial charge in [0.1, 0.15) is 6.54 Å². The molecule has 0 fully saturated rings. The fourth-order valence-corrected chi connectivity index (χ4v) is 2.43. The van der Waals surface area contributed by atoms with Crippen LogP contribution in [0.1, 0.15) is 12.5 Å². The molecule has 0 radical (unpaired) electrons. The Bertz CT molecular complexity index is 737. The number of benzene rings is 2. The lowest BCUT2D eigenvalue weighted by Gasteiger charge is -2.21. The van der Waals surface area contributed by atoms with Gasteiger partial charge < -0.3 is 10.2 Å². The van der Waals surface area contributed by atoms with Crippen LogP contribution in [0.3, 0.4) is 0 Å². The van der Waals surface area contributed by atoms with E-state index in [9.17, 15) is 18.0 Å². The van der Waals surface area contributed by atoms with Crippen LogP contribution >= 0.6 is 15.9 Å². The van der Waals surface area contributed by atoms with Crippen LogP contribution in [0, 0.1) is 17.5 Å². The Balaban J connectivity index is 2.03. The minimum Gasteiger partial charge on any atom is -0.324 e. The predicted octanol–water partition coefficient (Wildman–Crippen LogP) is 2.91. The van der Waals surface area contributed by atoms with Crippen LogP contribution in [0.2, 0.25) is 0 Å². The first-order chi connectivity index (χ1) is 11.3. The van der Waals surface area contributed by atoms with Crippen molar-refractivity contribution in [2.45, 2.75) is 19.5 Å². The highest BCUT2D eigenvalue weighted by molar-refractivity contribution is 9.10. The molecule has 7 heteroatoms. The summed E-state index contributed by atoms with van der Waals surface area (Å²) in [6.07, 6.45) is 0. The van der Waals surface area contributed by atoms with Crippen LogP contribution < -0.4 is 10.2 Å². The number of carbonyl (C=O) groups excluding carboxylic acids is 1. The minimum absolute atomic E-state index is 0.373. The van der Waals surface area contributed by atoms with E-state index in [2.05, 4.69) is 21.2 Å². The fourth-order valence-electron chi connectivity index (χ4n) is 2.16. The van der Waals surface area contributed by atoms with Crippen molar-refractivity contribution >= 4 is 27.5 Å². The van der Waals surface area contributed by atoms with Gasteiger partial charge in [0, 0.05) is 10.0 Å². The van der Waals surface area contributed by atoms with Gasteiger partial charge in [-0.05, 0) is 31.2 Å². The van der Waals surface area contributed by atoms with Gasteiger partial charge in [0.2, 0.25) is 0 Å². The Morgan fingerprint density at radius 2 is 1.75 bits per heavy atom. The zero-order valence-corrected chi connectivity index (χ0v) is 14.8. The van der Waals surface area contributed by atoms with Crippen LogP contribution in [0.5, 0.6) is 0 Å². The molecule has 2 atom stereocenters. The maximum Gasteiger partial charge on any atom is 0.282 e. The molecule has 128 valence electrons. The molecule has 0 aliphatic carbocycles. The molecule has 0 saturated heterocycles. The quantitative estimate of drug-likeness (QED) is 0.742. The molecule has 0 aliphatic heterocycles. The van der Waals surface area contributed by atoms with Crippen molar-refractivity contribution in [1.82, 2.24) is 0 Å². The first-order valence-electron chi connectivity index (χ1n) is 7.30. The van der Waals surface area contributed by atoms with Crippen molar-refractivity contribution in [3.63, 3.8) is 0 Å². The topological polar surface area (TPSA) is 33.5 Å². The molecule has 0 saturated carbocycles. The van der Waals surface area contributed by atoms with E-state index >= 15 is 0 Å². The maximum absolute atomic E-state index is 13.6. The summed E-state index contributed by atoms with van der Waals surface area (Å²) in [5.41, 5.74) is 0.663. The number of halogens is 4. The highest BCUT2D eigenvalue weighted by Gasteiger charge is 2.24. The third-order valence-electron chi connectivity index (χ3n) is 3.82.